The number of ether oxygens (including phenoxy) is 2. The van der Waals surface area contributed by atoms with E-state index in [1.807, 2.05) is 43.3 Å². The van der Waals surface area contributed by atoms with E-state index in [-0.39, 0.29) is 13.2 Å². The normalized spacial score (nSPS) is 10.5. The van der Waals surface area contributed by atoms with Gasteiger partial charge in [0.05, 0.1) is 18.8 Å². The lowest BCUT2D eigenvalue weighted by Crippen LogP contribution is -2.34. The summed E-state index contributed by atoms with van der Waals surface area (Å²) < 4.78 is 10.3. The van der Waals surface area contributed by atoms with E-state index in [0.717, 1.165) is 21.8 Å². The Bertz CT molecular complexity index is 1070. The number of carbonyl (C=O) groups is 3. The fourth-order valence-corrected chi connectivity index (χ4v) is 4.47. The molecule has 0 fully saturated rings. The molecule has 0 unspecified atom stereocenters. The second kappa shape index (κ2) is 10.3. The van der Waals surface area contributed by atoms with Gasteiger partial charge in [0.25, 0.3) is 5.91 Å². The minimum Gasteiger partial charge on any atom is -0.462 e. The molecular weight excluding hydrogens is 436 g/mol. The zero-order valence-electron chi connectivity index (χ0n) is 17.4. The fourth-order valence-electron chi connectivity index (χ4n) is 2.73. The lowest BCUT2D eigenvalue weighted by molar-refractivity contribution is -0.121. The molecule has 7 nitrogen and oxygen atoms in total. The quantitative estimate of drug-likeness (QED) is 0.466. The maximum absolute atomic E-state index is 13.0. The van der Waals surface area contributed by atoms with Gasteiger partial charge < -0.3 is 9.47 Å². The molecular formula is C22H22N2O5S2. The van der Waals surface area contributed by atoms with E-state index in [0.29, 0.717) is 20.6 Å². The van der Waals surface area contributed by atoms with Crippen LogP contribution in [-0.4, -0.2) is 36.0 Å². The molecule has 0 bridgehead atoms. The van der Waals surface area contributed by atoms with E-state index in [2.05, 4.69) is 4.98 Å². The lowest BCUT2D eigenvalue weighted by atomic mass is 10.2. The predicted molar refractivity (Wildman–Crippen MR) is 120 cm³/mol. The van der Waals surface area contributed by atoms with E-state index in [4.69, 9.17) is 9.47 Å². The molecule has 0 aliphatic rings. The van der Waals surface area contributed by atoms with Crippen molar-refractivity contribution >= 4 is 45.7 Å². The van der Waals surface area contributed by atoms with E-state index >= 15 is 0 Å². The molecule has 0 aliphatic carbocycles. The molecule has 3 aromatic rings. The van der Waals surface area contributed by atoms with Crippen LogP contribution in [-0.2, 0) is 20.8 Å². The Hall–Kier alpha value is -3.04. The molecule has 0 radical (unpaired) electrons. The van der Waals surface area contributed by atoms with Crippen LogP contribution in [0.4, 0.5) is 5.13 Å². The van der Waals surface area contributed by atoms with Gasteiger partial charge in [-0.3, -0.25) is 9.69 Å². The van der Waals surface area contributed by atoms with Crippen LogP contribution in [0.15, 0.2) is 42.5 Å². The molecule has 0 saturated carbocycles. The Morgan fingerprint density at radius 2 is 1.71 bits per heavy atom. The first-order chi connectivity index (χ1) is 14.9. The molecule has 0 spiro atoms. The van der Waals surface area contributed by atoms with Gasteiger partial charge in [-0.05, 0) is 38.5 Å². The molecule has 3 rings (SSSR count). The van der Waals surface area contributed by atoms with Gasteiger partial charge in [-0.1, -0.05) is 41.7 Å². The highest BCUT2D eigenvalue weighted by atomic mass is 32.1. The van der Waals surface area contributed by atoms with Crippen molar-refractivity contribution in [1.82, 2.24) is 4.98 Å². The molecule has 0 N–H and O–H groups in total. The number of hydrogen-bond acceptors (Lipinski definition) is 8. The number of thiazole rings is 1. The summed E-state index contributed by atoms with van der Waals surface area (Å²) in [6.45, 7) is 5.34. The van der Waals surface area contributed by atoms with Crippen LogP contribution in [0.2, 0.25) is 0 Å². The first-order valence-corrected chi connectivity index (χ1v) is 11.2. The van der Waals surface area contributed by atoms with Crippen molar-refractivity contribution < 1.29 is 23.9 Å². The van der Waals surface area contributed by atoms with E-state index < -0.39 is 24.5 Å². The van der Waals surface area contributed by atoms with E-state index in [1.54, 1.807) is 19.9 Å². The smallest absolute Gasteiger partial charge is 0.350 e. The van der Waals surface area contributed by atoms with Gasteiger partial charge in [-0.15, -0.1) is 11.3 Å². The third-order valence-electron chi connectivity index (χ3n) is 4.23. The number of nitrogens with zero attached hydrogens (tertiary/aromatic N) is 2. The minimum absolute atomic E-state index is 0.227. The standard InChI is InChI=1S/C22H22N2O5S2/c1-4-28-21(27)19-15(3)23-22(31-19)24(12-16-8-6-5-7-9-16)18(25)13-29-20(26)17-11-10-14(2)30-17/h5-11H,4,12-13H2,1-3H3. The molecule has 1 aromatic carbocycles. The first-order valence-electron chi connectivity index (χ1n) is 9.61. The average Bonchev–Trinajstić information content (AvgIpc) is 3.36. The second-order valence-corrected chi connectivity index (χ2v) is 8.85. The molecule has 1 amide bonds. The van der Waals surface area contributed by atoms with Crippen molar-refractivity contribution in [2.45, 2.75) is 27.3 Å². The van der Waals surface area contributed by atoms with Crippen molar-refractivity contribution in [3.8, 4) is 0 Å². The van der Waals surface area contributed by atoms with Crippen LogP contribution in [0.25, 0.3) is 0 Å². The molecule has 2 heterocycles. The molecule has 0 saturated heterocycles. The Balaban J connectivity index is 1.81. The summed E-state index contributed by atoms with van der Waals surface area (Å²) in [6, 6.07) is 12.9. The highest BCUT2D eigenvalue weighted by Crippen LogP contribution is 2.28. The Kier molecular flexibility index (Phi) is 7.54. The maximum atomic E-state index is 13.0. The number of rotatable bonds is 8. The van der Waals surface area contributed by atoms with Gasteiger partial charge in [-0.25, -0.2) is 14.6 Å². The molecule has 31 heavy (non-hydrogen) atoms. The van der Waals surface area contributed by atoms with E-state index in [9.17, 15) is 14.4 Å². The minimum atomic E-state index is -0.548. The van der Waals surface area contributed by atoms with E-state index in [1.165, 1.54) is 16.2 Å². The van der Waals surface area contributed by atoms with Gasteiger partial charge >= 0.3 is 11.9 Å². The van der Waals surface area contributed by atoms with Gasteiger partial charge in [0.1, 0.15) is 9.75 Å². The van der Waals surface area contributed by atoms with Gasteiger partial charge in [-0.2, -0.15) is 0 Å². The van der Waals surface area contributed by atoms with Gasteiger partial charge in [0, 0.05) is 4.88 Å². The SMILES string of the molecule is CCOC(=O)c1sc(N(Cc2ccccc2)C(=O)COC(=O)c2ccc(C)s2)nc1C. The molecule has 0 aliphatic heterocycles. The molecule has 2 aromatic heterocycles. The van der Waals surface area contributed by atoms with Crippen LogP contribution < -0.4 is 4.90 Å². The van der Waals surface area contributed by atoms with Crippen LogP contribution in [0.3, 0.4) is 0 Å². The number of aromatic nitrogens is 1. The first kappa shape index (κ1) is 22.6. The van der Waals surface area contributed by atoms with Crippen LogP contribution in [0.1, 0.15) is 42.4 Å². The number of esters is 2. The fraction of sp³-hybridized carbons (Fsp3) is 0.273. The number of benzene rings is 1. The summed E-state index contributed by atoms with van der Waals surface area (Å²) in [6.07, 6.45) is 0. The topological polar surface area (TPSA) is 85.8 Å². The van der Waals surface area contributed by atoms with Crippen molar-refractivity contribution in [3.05, 3.63) is 68.4 Å². The molecule has 0 atom stereocenters. The maximum Gasteiger partial charge on any atom is 0.350 e. The summed E-state index contributed by atoms with van der Waals surface area (Å²) in [7, 11) is 0. The zero-order valence-corrected chi connectivity index (χ0v) is 19.0. The molecule has 9 heteroatoms. The number of amides is 1. The number of thiophene rings is 1. The summed E-state index contributed by atoms with van der Waals surface area (Å²) in [4.78, 5) is 45.0. The van der Waals surface area contributed by atoms with Crippen molar-refractivity contribution in [3.63, 3.8) is 0 Å². The highest BCUT2D eigenvalue weighted by Gasteiger charge is 2.25. The van der Waals surface area contributed by atoms with Crippen molar-refractivity contribution in [1.29, 1.82) is 0 Å². The summed E-state index contributed by atoms with van der Waals surface area (Å²) in [5.74, 6) is -1.46. The average molecular weight is 459 g/mol. The third kappa shape index (κ3) is 5.77. The zero-order chi connectivity index (χ0) is 22.4. The molecule has 162 valence electrons. The van der Waals surface area contributed by atoms with Gasteiger partial charge in [0.2, 0.25) is 0 Å². The Morgan fingerprint density at radius 3 is 2.35 bits per heavy atom. The monoisotopic (exact) mass is 458 g/mol. The van der Waals surface area contributed by atoms with Gasteiger partial charge in [0.15, 0.2) is 11.7 Å². The number of hydrogen-bond donors (Lipinski definition) is 0. The second-order valence-electron chi connectivity index (χ2n) is 6.58. The van der Waals surface area contributed by atoms with Crippen LogP contribution >= 0.6 is 22.7 Å². The summed E-state index contributed by atoms with van der Waals surface area (Å²) >= 11 is 2.39. The van der Waals surface area contributed by atoms with Crippen molar-refractivity contribution in [2.24, 2.45) is 0 Å². The lowest BCUT2D eigenvalue weighted by Gasteiger charge is -2.20. The largest absolute Gasteiger partial charge is 0.462 e. The predicted octanol–water partition coefficient (Wildman–Crippen LogP) is 4.39. The summed E-state index contributed by atoms with van der Waals surface area (Å²) in [5.41, 5.74) is 1.36. The highest BCUT2D eigenvalue weighted by molar-refractivity contribution is 7.17. The van der Waals surface area contributed by atoms with Crippen LogP contribution in [0.5, 0.6) is 0 Å². The number of aryl methyl sites for hydroxylation is 2. The van der Waals surface area contributed by atoms with Crippen LogP contribution in [0, 0.1) is 13.8 Å². The number of carbonyl (C=O) groups excluding carboxylic acids is 3. The summed E-state index contributed by atoms with van der Waals surface area (Å²) in [5, 5.41) is 0.345. The number of anilines is 1. The Morgan fingerprint density at radius 1 is 0.968 bits per heavy atom. The Labute approximate surface area is 188 Å². The van der Waals surface area contributed by atoms with Crippen molar-refractivity contribution in [2.75, 3.05) is 18.1 Å². The third-order valence-corrected chi connectivity index (χ3v) is 6.37.